The number of hydrogen-bond donors (Lipinski definition) is 3. The molecule has 8 nitrogen and oxygen atoms in total. The van der Waals surface area contributed by atoms with Gasteiger partial charge in [0, 0.05) is 37.0 Å². The number of H-pyrrole nitrogens is 1. The summed E-state index contributed by atoms with van der Waals surface area (Å²) in [5.74, 6) is 0.497. The summed E-state index contributed by atoms with van der Waals surface area (Å²) < 4.78 is 5.93. The number of aromatic nitrogens is 2. The smallest absolute Gasteiger partial charge is 0.407 e. The first kappa shape index (κ1) is 16.4. The van der Waals surface area contributed by atoms with Crippen LogP contribution in [-0.4, -0.2) is 57.7 Å². The minimum absolute atomic E-state index is 0.0756. The Kier molecular flexibility index (Phi) is 4.24. The molecule has 8 heteroatoms. The fourth-order valence-corrected chi connectivity index (χ4v) is 3.60. The summed E-state index contributed by atoms with van der Waals surface area (Å²) >= 11 is 0. The summed E-state index contributed by atoms with van der Waals surface area (Å²) in [5.41, 5.74) is 3.18. The quantitative estimate of drug-likeness (QED) is 0.775. The lowest BCUT2D eigenvalue weighted by molar-refractivity contribution is 0.0946. The highest BCUT2D eigenvalue weighted by atomic mass is 16.5. The summed E-state index contributed by atoms with van der Waals surface area (Å²) in [4.78, 5) is 32.1. The highest BCUT2D eigenvalue weighted by Crippen LogP contribution is 2.31. The molecule has 2 aliphatic rings. The van der Waals surface area contributed by atoms with E-state index in [9.17, 15) is 14.7 Å². The Balaban J connectivity index is 1.56. The third kappa shape index (κ3) is 2.98. The number of nitrogens with zero attached hydrogens (tertiary/aromatic N) is 2. The van der Waals surface area contributed by atoms with Crippen LogP contribution < -0.4 is 10.1 Å². The zero-order valence-corrected chi connectivity index (χ0v) is 14.2. The van der Waals surface area contributed by atoms with Crippen LogP contribution in [0, 0.1) is 0 Å². The molecular weight excluding hydrogens is 336 g/mol. The van der Waals surface area contributed by atoms with E-state index in [-0.39, 0.29) is 18.6 Å². The van der Waals surface area contributed by atoms with Crippen molar-refractivity contribution in [3.8, 4) is 17.0 Å². The second-order valence-electron chi connectivity index (χ2n) is 6.54. The van der Waals surface area contributed by atoms with Crippen molar-refractivity contribution in [1.29, 1.82) is 0 Å². The van der Waals surface area contributed by atoms with E-state index in [1.165, 1.54) is 4.90 Å². The number of rotatable bonds is 4. The van der Waals surface area contributed by atoms with Crippen LogP contribution in [-0.2, 0) is 6.42 Å². The van der Waals surface area contributed by atoms with Crippen LogP contribution in [0.25, 0.3) is 11.3 Å². The Morgan fingerprint density at radius 2 is 2.31 bits per heavy atom. The number of pyridine rings is 1. The van der Waals surface area contributed by atoms with Crippen LogP contribution in [0.3, 0.4) is 0 Å². The number of amides is 2. The Morgan fingerprint density at radius 1 is 1.42 bits per heavy atom. The summed E-state index contributed by atoms with van der Waals surface area (Å²) in [5, 5.41) is 12.1. The van der Waals surface area contributed by atoms with Crippen molar-refractivity contribution in [3.63, 3.8) is 0 Å². The first-order valence-corrected chi connectivity index (χ1v) is 8.70. The molecule has 4 heterocycles. The fraction of sp³-hybridized carbons (Fsp3) is 0.389. The van der Waals surface area contributed by atoms with Gasteiger partial charge in [-0.3, -0.25) is 9.78 Å². The van der Waals surface area contributed by atoms with Crippen LogP contribution in [0.2, 0.25) is 0 Å². The first-order valence-electron chi connectivity index (χ1n) is 8.70. The normalized spacial score (nSPS) is 19.2. The largest absolute Gasteiger partial charge is 0.489 e. The van der Waals surface area contributed by atoms with Crippen molar-refractivity contribution in [3.05, 3.63) is 35.8 Å². The van der Waals surface area contributed by atoms with Gasteiger partial charge in [0.25, 0.3) is 5.91 Å². The molecule has 0 aliphatic carbocycles. The van der Waals surface area contributed by atoms with E-state index < -0.39 is 6.09 Å². The lowest BCUT2D eigenvalue weighted by Gasteiger charge is -2.22. The van der Waals surface area contributed by atoms with E-state index in [4.69, 9.17) is 4.74 Å². The van der Waals surface area contributed by atoms with E-state index in [0.717, 1.165) is 36.2 Å². The lowest BCUT2D eigenvalue weighted by atomic mass is 10.1. The summed E-state index contributed by atoms with van der Waals surface area (Å²) in [6.45, 7) is 1.45. The number of hydrogen-bond acceptors (Lipinski definition) is 4. The van der Waals surface area contributed by atoms with Gasteiger partial charge in [-0.15, -0.1) is 0 Å². The van der Waals surface area contributed by atoms with Crippen molar-refractivity contribution >= 4 is 12.0 Å². The molecular formula is C18H20N4O4. The van der Waals surface area contributed by atoms with E-state index >= 15 is 0 Å². The fourth-order valence-electron chi connectivity index (χ4n) is 3.60. The minimum Gasteiger partial charge on any atom is -0.489 e. The molecule has 3 N–H and O–H groups in total. The summed E-state index contributed by atoms with van der Waals surface area (Å²) in [6.07, 6.45) is 4.78. The van der Waals surface area contributed by atoms with E-state index in [1.54, 1.807) is 12.4 Å². The second-order valence-corrected chi connectivity index (χ2v) is 6.54. The number of fused-ring (bicyclic) bond motifs is 1. The van der Waals surface area contributed by atoms with E-state index in [2.05, 4.69) is 15.3 Å². The average molecular weight is 356 g/mol. The molecule has 2 aromatic heterocycles. The number of nitrogens with one attached hydrogen (secondary N) is 2. The third-order valence-corrected chi connectivity index (χ3v) is 4.93. The van der Waals surface area contributed by atoms with Crippen molar-refractivity contribution in [2.45, 2.75) is 25.3 Å². The molecule has 2 amide bonds. The molecule has 1 saturated heterocycles. The predicted octanol–water partition coefficient (Wildman–Crippen LogP) is 1.88. The Morgan fingerprint density at radius 3 is 3.12 bits per heavy atom. The van der Waals surface area contributed by atoms with Gasteiger partial charge in [-0.1, -0.05) is 0 Å². The van der Waals surface area contributed by atoms with Gasteiger partial charge < -0.3 is 25.0 Å². The molecule has 0 spiro atoms. The number of carboxylic acid groups (broad SMARTS) is 1. The molecule has 136 valence electrons. The maximum atomic E-state index is 12.0. The van der Waals surface area contributed by atoms with E-state index in [1.807, 2.05) is 12.1 Å². The van der Waals surface area contributed by atoms with Crippen LogP contribution in [0.15, 0.2) is 24.5 Å². The number of aromatic amines is 1. The lowest BCUT2D eigenvalue weighted by Crippen LogP contribution is -2.38. The van der Waals surface area contributed by atoms with E-state index in [0.29, 0.717) is 24.4 Å². The maximum absolute atomic E-state index is 12.0. The predicted molar refractivity (Wildman–Crippen MR) is 93.3 cm³/mol. The number of likely N-dealkylation sites (tertiary alicyclic amines) is 1. The van der Waals surface area contributed by atoms with Gasteiger partial charge in [0.1, 0.15) is 12.4 Å². The Bertz CT molecular complexity index is 847. The molecule has 0 radical (unpaired) electrons. The Labute approximate surface area is 150 Å². The van der Waals surface area contributed by atoms with Gasteiger partial charge in [0.15, 0.2) is 0 Å². The highest BCUT2D eigenvalue weighted by molar-refractivity contribution is 5.98. The molecule has 1 atom stereocenters. The van der Waals surface area contributed by atoms with Gasteiger partial charge in [-0.2, -0.15) is 0 Å². The van der Waals surface area contributed by atoms with Crippen molar-refractivity contribution < 1.29 is 19.4 Å². The van der Waals surface area contributed by atoms with Crippen molar-refractivity contribution in [1.82, 2.24) is 20.2 Å². The molecule has 1 fully saturated rings. The molecule has 2 aromatic rings. The van der Waals surface area contributed by atoms with Crippen LogP contribution in [0.4, 0.5) is 4.79 Å². The monoisotopic (exact) mass is 356 g/mol. The van der Waals surface area contributed by atoms with Crippen LogP contribution in [0.1, 0.15) is 28.9 Å². The third-order valence-electron chi connectivity index (χ3n) is 4.93. The summed E-state index contributed by atoms with van der Waals surface area (Å²) in [6, 6.07) is 3.50. The number of carbonyl (C=O) groups excluding carboxylic acids is 1. The molecule has 2 aliphatic heterocycles. The zero-order chi connectivity index (χ0) is 18.1. The van der Waals surface area contributed by atoms with Crippen molar-refractivity contribution in [2.24, 2.45) is 0 Å². The van der Waals surface area contributed by atoms with Gasteiger partial charge >= 0.3 is 6.09 Å². The highest BCUT2D eigenvalue weighted by Gasteiger charge is 2.29. The van der Waals surface area contributed by atoms with Crippen LogP contribution >= 0.6 is 0 Å². The topological polar surface area (TPSA) is 108 Å². The summed E-state index contributed by atoms with van der Waals surface area (Å²) in [7, 11) is 0. The zero-order valence-electron chi connectivity index (χ0n) is 14.2. The standard InChI is InChI=1S/C18H20N4O4/c23-17-13-8-15(21-14(13)4-6-20-17)12-3-5-19-9-16(12)26-10-11-2-1-7-22(11)18(24)25/h3,5,8-9,11,21H,1-2,4,6-7,10H2,(H,20,23)(H,24,25)/t11-/m0/s1. The SMILES string of the molecule is O=C1NCCc2[nH]c(-c3ccncc3OC[C@@H]3CCCN3C(=O)O)cc21. The van der Waals surface area contributed by atoms with Gasteiger partial charge in [0.2, 0.25) is 0 Å². The van der Waals surface area contributed by atoms with Gasteiger partial charge in [-0.25, -0.2) is 4.79 Å². The Hall–Kier alpha value is -3.03. The molecule has 0 unspecified atom stereocenters. The number of ether oxygens (including phenoxy) is 1. The second kappa shape index (κ2) is 6.70. The maximum Gasteiger partial charge on any atom is 0.407 e. The van der Waals surface area contributed by atoms with Gasteiger partial charge in [0.05, 0.1) is 23.5 Å². The molecule has 0 saturated carbocycles. The van der Waals surface area contributed by atoms with Crippen LogP contribution in [0.5, 0.6) is 5.75 Å². The molecule has 0 bridgehead atoms. The molecule has 0 aromatic carbocycles. The number of carbonyl (C=O) groups is 2. The first-order chi connectivity index (χ1) is 12.6. The minimum atomic E-state index is -0.912. The van der Waals surface area contributed by atoms with Gasteiger partial charge in [-0.05, 0) is 25.0 Å². The average Bonchev–Trinajstić information content (AvgIpc) is 3.28. The van der Waals surface area contributed by atoms with Crippen molar-refractivity contribution in [2.75, 3.05) is 19.7 Å². The molecule has 26 heavy (non-hydrogen) atoms. The molecule has 4 rings (SSSR count).